The average Bonchev–Trinajstić information content (AvgIpc) is 2.45. The van der Waals surface area contributed by atoms with Gasteiger partial charge in [-0.1, -0.05) is 32.4 Å². The van der Waals surface area contributed by atoms with Crippen LogP contribution >= 0.6 is 11.6 Å². The van der Waals surface area contributed by atoms with Gasteiger partial charge in [0.15, 0.2) is 0 Å². The molecule has 5 heteroatoms. The number of nitrogens with zero attached hydrogens (tertiary/aromatic N) is 3. The van der Waals surface area contributed by atoms with E-state index in [0.29, 0.717) is 11.1 Å². The molecular formula is C15H25ClN4. The molecule has 1 fully saturated rings. The Hall–Kier alpha value is -0.870. The minimum atomic E-state index is 0.294. The van der Waals surface area contributed by atoms with Gasteiger partial charge in [-0.25, -0.2) is 9.97 Å². The largest absolute Gasteiger partial charge is 0.370 e. The fourth-order valence-electron chi connectivity index (χ4n) is 2.54. The zero-order valence-electron chi connectivity index (χ0n) is 12.7. The van der Waals surface area contributed by atoms with Gasteiger partial charge >= 0.3 is 0 Å². The average molecular weight is 297 g/mol. The second kappa shape index (κ2) is 7.23. The van der Waals surface area contributed by atoms with Gasteiger partial charge < -0.3 is 10.2 Å². The van der Waals surface area contributed by atoms with Crippen molar-refractivity contribution >= 4 is 17.4 Å². The van der Waals surface area contributed by atoms with E-state index in [1.54, 1.807) is 0 Å². The van der Waals surface area contributed by atoms with Crippen LogP contribution in [0.2, 0.25) is 5.15 Å². The van der Waals surface area contributed by atoms with Crippen molar-refractivity contribution < 1.29 is 0 Å². The Balaban J connectivity index is 1.88. The van der Waals surface area contributed by atoms with Gasteiger partial charge in [-0.3, -0.25) is 0 Å². The third kappa shape index (κ3) is 4.32. The number of anilines is 1. The fraction of sp³-hybridized carbons (Fsp3) is 0.733. The lowest BCUT2D eigenvalue weighted by atomic mass is 9.97. The minimum Gasteiger partial charge on any atom is -0.370 e. The first-order valence-electron chi connectivity index (χ1n) is 7.59. The van der Waals surface area contributed by atoms with E-state index in [1.807, 2.05) is 6.07 Å². The number of hydrogen-bond donors (Lipinski definition) is 1. The quantitative estimate of drug-likeness (QED) is 0.846. The molecule has 112 valence electrons. The van der Waals surface area contributed by atoms with Crippen LogP contribution in [0.3, 0.4) is 0 Å². The molecule has 0 spiro atoms. The Morgan fingerprint density at radius 3 is 2.65 bits per heavy atom. The van der Waals surface area contributed by atoms with Gasteiger partial charge in [-0.05, 0) is 38.4 Å². The first kappa shape index (κ1) is 15.5. The van der Waals surface area contributed by atoms with E-state index in [1.165, 1.54) is 32.5 Å². The summed E-state index contributed by atoms with van der Waals surface area (Å²) in [7, 11) is 0. The summed E-state index contributed by atoms with van der Waals surface area (Å²) in [5.74, 6) is 2.68. The lowest BCUT2D eigenvalue weighted by Crippen LogP contribution is -2.35. The van der Waals surface area contributed by atoms with E-state index in [0.717, 1.165) is 24.1 Å². The summed E-state index contributed by atoms with van der Waals surface area (Å²) < 4.78 is 0. The number of piperidine rings is 1. The van der Waals surface area contributed by atoms with Crippen molar-refractivity contribution in [1.82, 2.24) is 14.9 Å². The van der Waals surface area contributed by atoms with Crippen LogP contribution in [0.15, 0.2) is 6.07 Å². The Kier molecular flexibility index (Phi) is 5.61. The standard InChI is InChI=1S/C15H25ClN4/c1-4-20-7-5-12(6-8-20)10-17-14-9-13(16)18-15(19-14)11(2)3/h9,11-12H,4-8,10H2,1-3H3,(H,17,18,19). The van der Waals surface area contributed by atoms with Crippen LogP contribution < -0.4 is 5.32 Å². The van der Waals surface area contributed by atoms with E-state index in [4.69, 9.17) is 11.6 Å². The summed E-state index contributed by atoms with van der Waals surface area (Å²) in [4.78, 5) is 11.3. The summed E-state index contributed by atoms with van der Waals surface area (Å²) in [6.45, 7) is 11.0. The Morgan fingerprint density at radius 2 is 2.05 bits per heavy atom. The van der Waals surface area contributed by atoms with Gasteiger partial charge in [0.2, 0.25) is 0 Å². The van der Waals surface area contributed by atoms with E-state index >= 15 is 0 Å². The lowest BCUT2D eigenvalue weighted by molar-refractivity contribution is 0.198. The van der Waals surface area contributed by atoms with Crippen LogP contribution in [0.4, 0.5) is 5.82 Å². The van der Waals surface area contributed by atoms with Crippen molar-refractivity contribution in [3.05, 3.63) is 17.0 Å². The van der Waals surface area contributed by atoms with Crippen LogP contribution in [0, 0.1) is 5.92 Å². The Bertz CT molecular complexity index is 428. The summed E-state index contributed by atoms with van der Waals surface area (Å²) in [5.41, 5.74) is 0. The summed E-state index contributed by atoms with van der Waals surface area (Å²) in [6.07, 6.45) is 2.52. The monoisotopic (exact) mass is 296 g/mol. The summed E-state index contributed by atoms with van der Waals surface area (Å²) in [5, 5.41) is 3.95. The molecule has 0 atom stereocenters. The number of rotatable bonds is 5. The number of nitrogens with one attached hydrogen (secondary N) is 1. The molecule has 1 saturated heterocycles. The molecule has 2 rings (SSSR count). The number of hydrogen-bond acceptors (Lipinski definition) is 4. The highest BCUT2D eigenvalue weighted by Gasteiger charge is 2.18. The summed E-state index contributed by atoms with van der Waals surface area (Å²) in [6, 6.07) is 1.81. The van der Waals surface area contributed by atoms with Crippen LogP contribution in [0.25, 0.3) is 0 Å². The fourth-order valence-corrected chi connectivity index (χ4v) is 2.73. The Labute approximate surface area is 126 Å². The molecule has 1 N–H and O–H groups in total. The summed E-state index contributed by atoms with van der Waals surface area (Å²) >= 11 is 6.06. The second-order valence-corrected chi connectivity index (χ2v) is 6.23. The zero-order valence-corrected chi connectivity index (χ0v) is 13.5. The molecule has 1 aromatic rings. The molecule has 0 unspecified atom stereocenters. The van der Waals surface area contributed by atoms with E-state index < -0.39 is 0 Å². The topological polar surface area (TPSA) is 41.0 Å². The Morgan fingerprint density at radius 1 is 1.35 bits per heavy atom. The predicted octanol–water partition coefficient (Wildman–Crippen LogP) is 3.40. The maximum atomic E-state index is 6.06. The van der Waals surface area contributed by atoms with Crippen molar-refractivity contribution in [2.24, 2.45) is 5.92 Å². The third-order valence-electron chi connectivity index (χ3n) is 3.95. The molecular weight excluding hydrogens is 272 g/mol. The SMILES string of the molecule is CCN1CCC(CNc2cc(Cl)nc(C(C)C)n2)CC1. The molecule has 0 aromatic carbocycles. The third-order valence-corrected chi connectivity index (χ3v) is 4.15. The van der Waals surface area contributed by atoms with Crippen LogP contribution in [-0.4, -0.2) is 41.0 Å². The maximum Gasteiger partial charge on any atom is 0.135 e. The van der Waals surface area contributed by atoms with E-state index in [9.17, 15) is 0 Å². The predicted molar refractivity (Wildman–Crippen MR) is 84.5 cm³/mol. The normalized spacial score (nSPS) is 17.6. The molecule has 0 amide bonds. The minimum absolute atomic E-state index is 0.294. The molecule has 0 aliphatic carbocycles. The van der Waals surface area contributed by atoms with E-state index in [-0.39, 0.29) is 0 Å². The molecule has 1 aromatic heterocycles. The molecule has 1 aliphatic rings. The van der Waals surface area contributed by atoms with Crippen LogP contribution in [-0.2, 0) is 0 Å². The van der Waals surface area contributed by atoms with Gasteiger partial charge in [-0.15, -0.1) is 0 Å². The highest BCUT2D eigenvalue weighted by atomic mass is 35.5. The highest BCUT2D eigenvalue weighted by Crippen LogP contribution is 2.20. The molecule has 0 saturated carbocycles. The highest BCUT2D eigenvalue weighted by molar-refractivity contribution is 6.29. The van der Waals surface area contributed by atoms with Crippen LogP contribution in [0.5, 0.6) is 0 Å². The number of likely N-dealkylation sites (tertiary alicyclic amines) is 1. The van der Waals surface area contributed by atoms with E-state index in [2.05, 4.69) is 41.0 Å². The van der Waals surface area contributed by atoms with Gasteiger partial charge in [-0.2, -0.15) is 0 Å². The van der Waals surface area contributed by atoms with Crippen molar-refractivity contribution in [3.8, 4) is 0 Å². The molecule has 0 radical (unpaired) electrons. The maximum absolute atomic E-state index is 6.06. The second-order valence-electron chi connectivity index (χ2n) is 5.85. The molecule has 20 heavy (non-hydrogen) atoms. The van der Waals surface area contributed by atoms with Gasteiger partial charge in [0, 0.05) is 18.5 Å². The van der Waals surface area contributed by atoms with Gasteiger partial charge in [0.1, 0.15) is 16.8 Å². The van der Waals surface area contributed by atoms with Crippen molar-refractivity contribution in [2.75, 3.05) is 31.5 Å². The smallest absolute Gasteiger partial charge is 0.135 e. The molecule has 4 nitrogen and oxygen atoms in total. The molecule has 0 bridgehead atoms. The zero-order chi connectivity index (χ0) is 14.5. The van der Waals surface area contributed by atoms with Gasteiger partial charge in [0.25, 0.3) is 0 Å². The van der Waals surface area contributed by atoms with Gasteiger partial charge in [0.05, 0.1) is 0 Å². The first-order chi connectivity index (χ1) is 9.58. The number of aromatic nitrogens is 2. The van der Waals surface area contributed by atoms with Crippen molar-refractivity contribution in [2.45, 2.75) is 39.5 Å². The van der Waals surface area contributed by atoms with Crippen LogP contribution in [0.1, 0.15) is 45.4 Å². The van der Waals surface area contributed by atoms with Crippen molar-refractivity contribution in [3.63, 3.8) is 0 Å². The first-order valence-corrected chi connectivity index (χ1v) is 7.97. The molecule has 1 aliphatic heterocycles. The van der Waals surface area contributed by atoms with Crippen molar-refractivity contribution in [1.29, 1.82) is 0 Å². The lowest BCUT2D eigenvalue weighted by Gasteiger charge is -2.31. The number of halogens is 1. The molecule has 2 heterocycles.